The zero-order valence-electron chi connectivity index (χ0n) is 10.1. The molecule has 0 bridgehead atoms. The zero-order chi connectivity index (χ0) is 13.1. The molecule has 0 saturated heterocycles. The second-order valence-electron chi connectivity index (χ2n) is 3.91. The fourth-order valence-electron chi connectivity index (χ4n) is 1.77. The maximum absolute atomic E-state index is 5.71. The predicted molar refractivity (Wildman–Crippen MR) is 74.3 cm³/mol. The summed E-state index contributed by atoms with van der Waals surface area (Å²) in [5.41, 5.74) is 3.20. The summed E-state index contributed by atoms with van der Waals surface area (Å²) in [6.45, 7) is 0.560. The Morgan fingerprint density at radius 1 is 1.47 bits per heavy atom. The van der Waals surface area contributed by atoms with Gasteiger partial charge in [0.05, 0.1) is 12.8 Å². The lowest BCUT2D eigenvalue weighted by atomic mass is 10.4. The molecule has 0 aliphatic heterocycles. The first-order valence-corrected chi connectivity index (χ1v) is 6.70. The van der Waals surface area contributed by atoms with Crippen molar-refractivity contribution in [3.05, 3.63) is 41.0 Å². The van der Waals surface area contributed by atoms with Gasteiger partial charge in [-0.2, -0.15) is 4.98 Å². The number of nitrogens with two attached hydrogens (primary N) is 1. The minimum absolute atomic E-state index is 0.483. The molecule has 98 valence electrons. The molecule has 0 amide bonds. The Balaban J connectivity index is 1.77. The van der Waals surface area contributed by atoms with E-state index in [2.05, 4.69) is 26.8 Å². The van der Waals surface area contributed by atoms with Crippen LogP contribution >= 0.6 is 11.3 Å². The smallest absolute Gasteiger partial charge is 0.260 e. The molecule has 3 rings (SSSR count). The van der Waals surface area contributed by atoms with E-state index in [4.69, 9.17) is 10.6 Å². The number of thiophene rings is 1. The molecule has 3 aromatic rings. The average Bonchev–Trinajstić information content (AvgIpc) is 3.08. The quantitative estimate of drug-likeness (QED) is 0.547. The van der Waals surface area contributed by atoms with Crippen molar-refractivity contribution in [1.29, 1.82) is 0 Å². The molecule has 0 fully saturated rings. The highest BCUT2D eigenvalue weighted by Crippen LogP contribution is 2.18. The standard InChI is InChI=1S/C12H13N5OS/c13-16-10-8-17-5-4-14-11(17)12(15-10)18-6-3-9-2-1-7-19-9/h1-2,4-5,7-8,16H,3,6,13H2. The summed E-state index contributed by atoms with van der Waals surface area (Å²) in [6, 6.07) is 4.12. The van der Waals surface area contributed by atoms with Crippen LogP contribution in [0.15, 0.2) is 36.1 Å². The lowest BCUT2D eigenvalue weighted by molar-refractivity contribution is 0.313. The van der Waals surface area contributed by atoms with Crippen molar-refractivity contribution < 1.29 is 4.74 Å². The van der Waals surface area contributed by atoms with E-state index in [-0.39, 0.29) is 0 Å². The number of imidazole rings is 1. The van der Waals surface area contributed by atoms with Gasteiger partial charge in [-0.25, -0.2) is 10.8 Å². The fraction of sp³-hybridized carbons (Fsp3) is 0.167. The Labute approximate surface area is 113 Å². The molecular weight excluding hydrogens is 262 g/mol. The third-order valence-electron chi connectivity index (χ3n) is 2.66. The summed E-state index contributed by atoms with van der Waals surface area (Å²) in [7, 11) is 0. The molecule has 0 radical (unpaired) electrons. The van der Waals surface area contributed by atoms with Gasteiger partial charge in [0.25, 0.3) is 5.88 Å². The summed E-state index contributed by atoms with van der Waals surface area (Å²) in [6.07, 6.45) is 6.13. The monoisotopic (exact) mass is 275 g/mol. The first-order chi connectivity index (χ1) is 9.36. The van der Waals surface area contributed by atoms with E-state index in [0.717, 1.165) is 6.42 Å². The highest BCUT2D eigenvalue weighted by Gasteiger charge is 2.08. The minimum atomic E-state index is 0.483. The van der Waals surface area contributed by atoms with Crippen molar-refractivity contribution in [2.75, 3.05) is 12.0 Å². The Hall–Kier alpha value is -2.12. The molecule has 3 N–H and O–H groups in total. The molecule has 19 heavy (non-hydrogen) atoms. The van der Waals surface area contributed by atoms with Crippen LogP contribution in [0.3, 0.4) is 0 Å². The minimum Gasteiger partial charge on any atom is -0.475 e. The topological polar surface area (TPSA) is 77.5 Å². The third-order valence-corrected chi connectivity index (χ3v) is 3.59. The van der Waals surface area contributed by atoms with Crippen molar-refractivity contribution in [3.63, 3.8) is 0 Å². The van der Waals surface area contributed by atoms with Gasteiger partial charge in [-0.1, -0.05) is 6.07 Å². The number of nitrogens with zero attached hydrogens (tertiary/aromatic N) is 3. The van der Waals surface area contributed by atoms with Gasteiger partial charge in [-0.15, -0.1) is 11.3 Å². The van der Waals surface area contributed by atoms with Crippen LogP contribution in [-0.4, -0.2) is 21.0 Å². The normalized spacial score (nSPS) is 10.8. The number of aromatic nitrogens is 3. The van der Waals surface area contributed by atoms with Gasteiger partial charge in [0.2, 0.25) is 5.65 Å². The summed E-state index contributed by atoms with van der Waals surface area (Å²) in [4.78, 5) is 9.78. The maximum atomic E-state index is 5.71. The Kier molecular flexibility index (Phi) is 3.30. The highest BCUT2D eigenvalue weighted by atomic mass is 32.1. The molecule has 0 spiro atoms. The van der Waals surface area contributed by atoms with Gasteiger partial charge in [-0.05, 0) is 11.4 Å². The number of nitrogens with one attached hydrogen (secondary N) is 1. The van der Waals surface area contributed by atoms with E-state index >= 15 is 0 Å². The molecule has 3 aromatic heterocycles. The predicted octanol–water partition coefficient (Wildman–Crippen LogP) is 1.70. The molecule has 6 nitrogen and oxygen atoms in total. The third kappa shape index (κ3) is 2.51. The molecule has 0 saturated carbocycles. The van der Waals surface area contributed by atoms with Crippen LogP contribution in [0.1, 0.15) is 4.88 Å². The van der Waals surface area contributed by atoms with Crippen LogP contribution in [-0.2, 0) is 6.42 Å². The van der Waals surface area contributed by atoms with Crippen LogP contribution < -0.4 is 16.0 Å². The molecular formula is C12H13N5OS. The fourth-order valence-corrected chi connectivity index (χ4v) is 2.46. The van der Waals surface area contributed by atoms with E-state index in [1.54, 1.807) is 23.7 Å². The molecule has 7 heteroatoms. The van der Waals surface area contributed by atoms with Gasteiger partial charge >= 0.3 is 0 Å². The molecule has 3 heterocycles. The van der Waals surface area contributed by atoms with Crippen LogP contribution in [0.25, 0.3) is 5.65 Å². The Morgan fingerprint density at radius 3 is 3.21 bits per heavy atom. The van der Waals surface area contributed by atoms with Crippen LogP contribution in [0.5, 0.6) is 5.88 Å². The number of hydrazine groups is 1. The number of nitrogen functional groups attached to an aromatic ring is 1. The molecule has 0 aromatic carbocycles. The first-order valence-electron chi connectivity index (χ1n) is 5.82. The van der Waals surface area contributed by atoms with Gasteiger partial charge < -0.3 is 10.2 Å². The van der Waals surface area contributed by atoms with Crippen LogP contribution in [0.4, 0.5) is 5.82 Å². The van der Waals surface area contributed by atoms with Crippen molar-refractivity contribution >= 4 is 22.8 Å². The SMILES string of the molecule is NNc1cn2ccnc2c(OCCc2cccs2)n1. The van der Waals surface area contributed by atoms with E-state index < -0.39 is 0 Å². The summed E-state index contributed by atoms with van der Waals surface area (Å²) < 4.78 is 7.53. The molecule has 0 atom stereocenters. The lowest BCUT2D eigenvalue weighted by Gasteiger charge is -2.08. The summed E-state index contributed by atoms with van der Waals surface area (Å²) in [5.74, 6) is 6.41. The van der Waals surface area contributed by atoms with Crippen molar-refractivity contribution in [1.82, 2.24) is 14.4 Å². The second kappa shape index (κ2) is 5.25. The van der Waals surface area contributed by atoms with Crippen LogP contribution in [0, 0.1) is 0 Å². The van der Waals surface area contributed by atoms with Gasteiger partial charge in [0, 0.05) is 23.7 Å². The van der Waals surface area contributed by atoms with Crippen molar-refractivity contribution in [2.24, 2.45) is 5.84 Å². The van der Waals surface area contributed by atoms with E-state index in [1.807, 2.05) is 16.7 Å². The van der Waals surface area contributed by atoms with E-state index in [1.165, 1.54) is 4.88 Å². The Morgan fingerprint density at radius 2 is 2.42 bits per heavy atom. The second-order valence-corrected chi connectivity index (χ2v) is 4.94. The van der Waals surface area contributed by atoms with E-state index in [0.29, 0.717) is 24.0 Å². The molecule has 0 aliphatic rings. The number of ether oxygens (including phenoxy) is 1. The summed E-state index contributed by atoms with van der Waals surface area (Å²) in [5, 5.41) is 2.05. The van der Waals surface area contributed by atoms with Crippen molar-refractivity contribution in [2.45, 2.75) is 6.42 Å². The first kappa shape index (κ1) is 11.9. The highest BCUT2D eigenvalue weighted by molar-refractivity contribution is 7.09. The van der Waals surface area contributed by atoms with Crippen molar-refractivity contribution in [3.8, 4) is 5.88 Å². The molecule has 0 aliphatic carbocycles. The summed E-state index contributed by atoms with van der Waals surface area (Å²) >= 11 is 1.72. The number of hydrogen-bond donors (Lipinski definition) is 2. The number of hydrogen-bond acceptors (Lipinski definition) is 6. The van der Waals surface area contributed by atoms with Gasteiger partial charge in [-0.3, -0.25) is 4.40 Å². The lowest BCUT2D eigenvalue weighted by Crippen LogP contribution is -2.11. The average molecular weight is 275 g/mol. The van der Waals surface area contributed by atoms with Gasteiger partial charge in [0.1, 0.15) is 0 Å². The molecule has 0 unspecified atom stereocenters. The largest absolute Gasteiger partial charge is 0.475 e. The number of anilines is 1. The Bertz CT molecular complexity index is 664. The van der Waals surface area contributed by atoms with E-state index in [9.17, 15) is 0 Å². The van der Waals surface area contributed by atoms with Crippen LogP contribution in [0.2, 0.25) is 0 Å². The maximum Gasteiger partial charge on any atom is 0.260 e. The number of rotatable bonds is 5. The zero-order valence-corrected chi connectivity index (χ0v) is 10.9. The number of fused-ring (bicyclic) bond motifs is 1. The van der Waals surface area contributed by atoms with Gasteiger partial charge in [0.15, 0.2) is 5.82 Å².